The van der Waals surface area contributed by atoms with E-state index in [1.54, 1.807) is 0 Å². The normalized spacial score (nSPS) is 15.5. The summed E-state index contributed by atoms with van der Waals surface area (Å²) in [6.45, 7) is 2.86. The van der Waals surface area contributed by atoms with E-state index in [-0.39, 0.29) is 18.4 Å². The number of aliphatic hydroxyl groups is 1. The van der Waals surface area contributed by atoms with Crippen LogP contribution in [0.1, 0.15) is 79.9 Å². The van der Waals surface area contributed by atoms with Crippen molar-refractivity contribution in [2.75, 3.05) is 6.61 Å². The Morgan fingerprint density at radius 3 is 2.39 bits per heavy atom. The first-order chi connectivity index (χ1) is 18.7. The van der Waals surface area contributed by atoms with Gasteiger partial charge in [-0.3, -0.25) is 4.79 Å². The van der Waals surface area contributed by atoms with Crippen LogP contribution < -0.4 is 5.32 Å². The topological polar surface area (TPSA) is 67.2 Å². The Bertz CT molecular complexity index is 1320. The van der Waals surface area contributed by atoms with Crippen molar-refractivity contribution in [1.29, 1.82) is 0 Å². The monoisotopic (exact) mass is 509 g/mol. The van der Waals surface area contributed by atoms with E-state index >= 15 is 0 Å². The summed E-state index contributed by atoms with van der Waals surface area (Å²) in [6, 6.07) is 26.3. The van der Waals surface area contributed by atoms with E-state index in [4.69, 9.17) is 4.98 Å². The number of aliphatic hydroxyl groups excluding tert-OH is 1. The molecule has 0 saturated heterocycles. The number of hydrogen-bond acceptors (Lipinski definition) is 3. The molecule has 2 N–H and O–H groups in total. The van der Waals surface area contributed by atoms with Crippen LogP contribution in [0.5, 0.6) is 0 Å². The SMILES string of the molecule is CCCCc1nc2ccccc2n1Cc1ccc([C@@H](C(=O)N[C@@H](CO)c2ccccc2)C2CCCC2)cc1. The van der Waals surface area contributed by atoms with Crippen molar-refractivity contribution in [2.45, 2.75) is 70.4 Å². The van der Waals surface area contributed by atoms with Crippen LogP contribution in [0.25, 0.3) is 11.0 Å². The molecule has 1 fully saturated rings. The quantitative estimate of drug-likeness (QED) is 0.241. The molecule has 1 saturated carbocycles. The first-order valence-corrected chi connectivity index (χ1v) is 14.2. The van der Waals surface area contributed by atoms with Gasteiger partial charge in [-0.15, -0.1) is 0 Å². The van der Waals surface area contributed by atoms with E-state index in [2.05, 4.69) is 59.3 Å². The van der Waals surface area contributed by atoms with Gasteiger partial charge in [0.15, 0.2) is 0 Å². The van der Waals surface area contributed by atoms with Crippen molar-refractivity contribution < 1.29 is 9.90 Å². The molecule has 3 aromatic carbocycles. The molecule has 0 spiro atoms. The highest BCUT2D eigenvalue weighted by atomic mass is 16.3. The number of rotatable bonds is 11. The summed E-state index contributed by atoms with van der Waals surface area (Å²) in [7, 11) is 0. The number of amides is 1. The largest absolute Gasteiger partial charge is 0.394 e. The van der Waals surface area contributed by atoms with Crippen LogP contribution in [0, 0.1) is 5.92 Å². The number of hydrogen-bond donors (Lipinski definition) is 2. The van der Waals surface area contributed by atoms with Crippen LogP contribution >= 0.6 is 0 Å². The van der Waals surface area contributed by atoms with Gasteiger partial charge in [-0.25, -0.2) is 4.98 Å². The molecule has 0 unspecified atom stereocenters. The zero-order valence-electron chi connectivity index (χ0n) is 22.4. The number of nitrogens with zero attached hydrogens (tertiary/aromatic N) is 2. The third-order valence-electron chi connectivity index (χ3n) is 8.02. The molecule has 0 radical (unpaired) electrons. The van der Waals surface area contributed by atoms with Crippen LogP contribution in [-0.4, -0.2) is 27.2 Å². The number of para-hydroxylation sites is 2. The molecule has 1 aliphatic carbocycles. The van der Waals surface area contributed by atoms with Crippen LogP contribution in [0.15, 0.2) is 78.9 Å². The predicted octanol–water partition coefficient (Wildman–Crippen LogP) is 6.55. The summed E-state index contributed by atoms with van der Waals surface area (Å²) in [4.78, 5) is 18.6. The summed E-state index contributed by atoms with van der Waals surface area (Å²) in [5.74, 6) is 1.26. The second-order valence-corrected chi connectivity index (χ2v) is 10.6. The van der Waals surface area contributed by atoms with E-state index in [0.717, 1.165) is 61.1 Å². The first-order valence-electron chi connectivity index (χ1n) is 14.2. The molecule has 1 aromatic heterocycles. The molecular weight excluding hydrogens is 470 g/mol. The Morgan fingerprint density at radius 1 is 0.974 bits per heavy atom. The molecule has 5 rings (SSSR count). The van der Waals surface area contributed by atoms with Gasteiger partial charge in [0.1, 0.15) is 5.82 Å². The lowest BCUT2D eigenvalue weighted by molar-refractivity contribution is -0.124. The van der Waals surface area contributed by atoms with E-state index in [1.165, 1.54) is 23.9 Å². The molecule has 5 nitrogen and oxygen atoms in total. The average Bonchev–Trinajstić information content (AvgIpc) is 3.60. The number of unbranched alkanes of at least 4 members (excludes halogenated alkanes) is 1. The van der Waals surface area contributed by atoms with Gasteiger partial charge >= 0.3 is 0 Å². The second-order valence-electron chi connectivity index (χ2n) is 10.6. The fourth-order valence-electron chi connectivity index (χ4n) is 5.95. The van der Waals surface area contributed by atoms with Crippen LogP contribution in [0.2, 0.25) is 0 Å². The Labute approximate surface area is 225 Å². The fourth-order valence-corrected chi connectivity index (χ4v) is 5.95. The average molecular weight is 510 g/mol. The molecule has 0 bridgehead atoms. The van der Waals surface area contributed by atoms with Gasteiger partial charge in [-0.1, -0.05) is 92.9 Å². The molecule has 38 heavy (non-hydrogen) atoms. The Kier molecular flexibility index (Phi) is 8.54. The third kappa shape index (κ3) is 5.83. The van der Waals surface area contributed by atoms with Crippen molar-refractivity contribution in [2.24, 2.45) is 5.92 Å². The Balaban J connectivity index is 1.38. The number of carbonyl (C=O) groups excluding carboxylic acids is 1. The predicted molar refractivity (Wildman–Crippen MR) is 153 cm³/mol. The zero-order chi connectivity index (χ0) is 26.3. The van der Waals surface area contributed by atoms with Gasteiger partial charge < -0.3 is 15.0 Å². The van der Waals surface area contributed by atoms with E-state index < -0.39 is 6.04 Å². The summed E-state index contributed by atoms with van der Waals surface area (Å²) >= 11 is 0. The molecule has 1 aliphatic rings. The van der Waals surface area contributed by atoms with Gasteiger partial charge in [0.05, 0.1) is 29.6 Å². The van der Waals surface area contributed by atoms with E-state index in [1.807, 2.05) is 36.4 Å². The molecular formula is C33H39N3O2. The minimum absolute atomic E-state index is 0.00927. The smallest absolute Gasteiger partial charge is 0.228 e. The molecule has 1 amide bonds. The number of aromatic nitrogens is 2. The lowest BCUT2D eigenvalue weighted by Crippen LogP contribution is -2.37. The van der Waals surface area contributed by atoms with Gasteiger partial charge in [-0.05, 0) is 54.0 Å². The van der Waals surface area contributed by atoms with E-state index in [9.17, 15) is 9.90 Å². The molecule has 2 atom stereocenters. The minimum atomic E-state index is -0.400. The van der Waals surface area contributed by atoms with Gasteiger partial charge in [0, 0.05) is 13.0 Å². The van der Waals surface area contributed by atoms with Crippen molar-refractivity contribution in [3.05, 3.63) is 101 Å². The maximum absolute atomic E-state index is 13.7. The third-order valence-corrected chi connectivity index (χ3v) is 8.02. The second kappa shape index (κ2) is 12.4. The zero-order valence-corrected chi connectivity index (χ0v) is 22.4. The highest BCUT2D eigenvalue weighted by Gasteiger charge is 2.33. The summed E-state index contributed by atoms with van der Waals surface area (Å²) in [5.41, 5.74) is 5.41. The highest BCUT2D eigenvalue weighted by molar-refractivity contribution is 5.84. The number of imidazole rings is 1. The molecule has 198 valence electrons. The number of fused-ring (bicyclic) bond motifs is 1. The number of nitrogens with one attached hydrogen (secondary N) is 1. The van der Waals surface area contributed by atoms with E-state index in [0.29, 0.717) is 5.92 Å². The van der Waals surface area contributed by atoms with Crippen molar-refractivity contribution >= 4 is 16.9 Å². The fraction of sp³-hybridized carbons (Fsp3) is 0.394. The molecule has 4 aromatic rings. The Hall–Kier alpha value is -3.44. The maximum atomic E-state index is 13.7. The molecule has 1 heterocycles. The van der Waals surface area contributed by atoms with Crippen LogP contribution in [-0.2, 0) is 17.8 Å². The van der Waals surface area contributed by atoms with Gasteiger partial charge in [-0.2, -0.15) is 0 Å². The standard InChI is InChI=1S/C33H39N3O2/c1-2-3-17-31-34-28-15-9-10-16-30(28)36(31)22-24-18-20-27(21-19-24)32(26-13-7-8-14-26)33(38)35-29(23-37)25-11-5-4-6-12-25/h4-6,9-12,15-16,18-21,26,29,32,37H,2-3,7-8,13-14,17,22-23H2,1H3,(H,35,38)/t29-,32-/m0/s1. The summed E-state index contributed by atoms with van der Waals surface area (Å²) < 4.78 is 2.34. The van der Waals surface area contributed by atoms with Crippen molar-refractivity contribution in [3.63, 3.8) is 0 Å². The van der Waals surface area contributed by atoms with Gasteiger partial charge in [0.25, 0.3) is 0 Å². The Morgan fingerprint density at radius 2 is 1.68 bits per heavy atom. The van der Waals surface area contributed by atoms with Crippen LogP contribution in [0.3, 0.4) is 0 Å². The number of carbonyl (C=O) groups is 1. The lowest BCUT2D eigenvalue weighted by Gasteiger charge is -2.26. The number of aryl methyl sites for hydroxylation is 1. The van der Waals surface area contributed by atoms with Crippen molar-refractivity contribution in [3.8, 4) is 0 Å². The number of benzene rings is 3. The lowest BCUT2D eigenvalue weighted by atomic mass is 9.83. The minimum Gasteiger partial charge on any atom is -0.394 e. The van der Waals surface area contributed by atoms with Crippen LogP contribution in [0.4, 0.5) is 0 Å². The van der Waals surface area contributed by atoms with Gasteiger partial charge in [0.2, 0.25) is 5.91 Å². The molecule has 0 aliphatic heterocycles. The summed E-state index contributed by atoms with van der Waals surface area (Å²) in [5, 5.41) is 13.2. The van der Waals surface area contributed by atoms with Crippen molar-refractivity contribution in [1.82, 2.24) is 14.9 Å². The summed E-state index contributed by atoms with van der Waals surface area (Å²) in [6.07, 6.45) is 7.71. The first kappa shape index (κ1) is 26.2. The maximum Gasteiger partial charge on any atom is 0.228 e. The highest BCUT2D eigenvalue weighted by Crippen LogP contribution is 2.38. The molecule has 5 heteroatoms.